The molecule has 0 unspecified atom stereocenters. The first-order chi connectivity index (χ1) is 16.3. The van der Waals surface area contributed by atoms with E-state index in [1.54, 1.807) is 17.8 Å². The van der Waals surface area contributed by atoms with Crippen LogP contribution in [0.4, 0.5) is 5.82 Å². The first-order valence-electron chi connectivity index (χ1n) is 12.3. The third-order valence-corrected chi connectivity index (χ3v) is 7.31. The zero-order chi connectivity index (χ0) is 24.1. The number of carbonyl (C=O) groups is 1. The number of amides is 1. The van der Waals surface area contributed by atoms with E-state index in [1.165, 1.54) is 32.1 Å². The predicted octanol–water partition coefficient (Wildman–Crippen LogP) is 4.41. The van der Waals surface area contributed by atoms with Crippen LogP contribution in [0.2, 0.25) is 0 Å². The van der Waals surface area contributed by atoms with Gasteiger partial charge in [0.05, 0.1) is 24.7 Å². The lowest BCUT2D eigenvalue weighted by Gasteiger charge is -2.33. The Kier molecular flexibility index (Phi) is 8.16. The van der Waals surface area contributed by atoms with Gasteiger partial charge in [-0.25, -0.2) is 15.0 Å². The van der Waals surface area contributed by atoms with Crippen LogP contribution in [-0.2, 0) is 15.9 Å². The van der Waals surface area contributed by atoms with Gasteiger partial charge in [-0.1, -0.05) is 51.8 Å². The number of nitrogens with one attached hydrogen (secondary N) is 1. The number of hydrogen-bond acceptors (Lipinski definition) is 8. The van der Waals surface area contributed by atoms with Crippen LogP contribution in [0.25, 0.3) is 0 Å². The van der Waals surface area contributed by atoms with E-state index in [2.05, 4.69) is 44.2 Å². The number of anilines is 1. The lowest BCUT2D eigenvalue weighted by molar-refractivity contribution is 0.0117. The molecule has 1 saturated carbocycles. The first-order valence-corrected chi connectivity index (χ1v) is 13.3. The van der Waals surface area contributed by atoms with E-state index in [1.807, 2.05) is 11.1 Å². The summed E-state index contributed by atoms with van der Waals surface area (Å²) in [5.74, 6) is 2.35. The van der Waals surface area contributed by atoms with Crippen LogP contribution >= 0.6 is 11.8 Å². The molecule has 8 nitrogen and oxygen atoms in total. The Morgan fingerprint density at radius 1 is 1.18 bits per heavy atom. The van der Waals surface area contributed by atoms with E-state index in [-0.39, 0.29) is 11.3 Å². The predicted molar refractivity (Wildman–Crippen MR) is 134 cm³/mol. The molecule has 1 saturated heterocycles. The third kappa shape index (κ3) is 6.52. The molecule has 2 aliphatic rings. The number of rotatable bonds is 7. The molecule has 0 aromatic carbocycles. The fourth-order valence-corrected chi connectivity index (χ4v) is 5.03. The van der Waals surface area contributed by atoms with E-state index < -0.39 is 0 Å². The van der Waals surface area contributed by atoms with Crippen molar-refractivity contribution in [2.24, 2.45) is 0 Å². The van der Waals surface area contributed by atoms with E-state index in [0.717, 1.165) is 22.4 Å². The van der Waals surface area contributed by atoms with Gasteiger partial charge in [-0.2, -0.15) is 0 Å². The molecule has 1 aliphatic heterocycles. The highest BCUT2D eigenvalue weighted by atomic mass is 32.2. The first kappa shape index (κ1) is 25.0. The average molecular weight is 488 g/mol. The summed E-state index contributed by atoms with van der Waals surface area (Å²) in [6, 6.07) is 6.25. The van der Waals surface area contributed by atoms with Crippen LogP contribution in [0, 0.1) is 0 Å². The monoisotopic (exact) mass is 487 g/mol. The molecule has 3 heterocycles. The second kappa shape index (κ2) is 11.1. The molecule has 2 aromatic rings. The summed E-state index contributed by atoms with van der Waals surface area (Å²) in [4.78, 5) is 24.6. The van der Waals surface area contributed by atoms with Gasteiger partial charge in [0.25, 0.3) is 0 Å². The zero-order valence-electron chi connectivity index (χ0n) is 20.8. The number of nitrogens with zero attached hydrogens (tertiary/aromatic N) is 4. The molecule has 9 heteroatoms. The second-order valence-corrected chi connectivity index (χ2v) is 11.1. The summed E-state index contributed by atoms with van der Waals surface area (Å²) >= 11 is 1.54. The van der Waals surface area contributed by atoms with E-state index >= 15 is 0 Å². The third-order valence-electron chi connectivity index (χ3n) is 6.44. The minimum atomic E-state index is -0.236. The summed E-state index contributed by atoms with van der Waals surface area (Å²) in [5, 5.41) is 2.60. The maximum atomic E-state index is 12.5. The topological polar surface area (TPSA) is 83.7 Å². The molecule has 1 amide bonds. The molecule has 0 radical (unpaired) electrons. The van der Waals surface area contributed by atoms with Gasteiger partial charge in [-0.15, -0.1) is 0 Å². The van der Waals surface area contributed by atoms with Crippen LogP contribution < -0.4 is 10.3 Å². The lowest BCUT2D eigenvalue weighted by Crippen LogP contribution is -2.48. The summed E-state index contributed by atoms with van der Waals surface area (Å²) in [6.45, 7) is 9.13. The molecule has 0 atom stereocenters. The van der Waals surface area contributed by atoms with E-state index in [9.17, 15) is 4.79 Å². The molecule has 34 heavy (non-hydrogen) atoms. The van der Waals surface area contributed by atoms with Crippen molar-refractivity contribution in [2.45, 2.75) is 75.2 Å². The SMILES string of the molecule is CN(c1cc(C(C)(C)C)nc(SCc2ccc(C(=O)NN3CCOCC3)o2)n1)C1CCCCC1. The van der Waals surface area contributed by atoms with Crippen molar-refractivity contribution in [1.29, 1.82) is 0 Å². The lowest BCUT2D eigenvalue weighted by atomic mass is 9.91. The Morgan fingerprint density at radius 3 is 2.62 bits per heavy atom. The standard InChI is InChI=1S/C25H37N5O3S/c1-25(2,3)21-16-22(29(4)18-8-6-5-7-9-18)27-24(26-21)34-17-19-10-11-20(33-19)23(31)28-30-12-14-32-15-13-30/h10-11,16,18H,5-9,12-15,17H2,1-4H3,(H,28,31). The Labute approximate surface area is 206 Å². The van der Waals surface area contributed by atoms with Crippen molar-refractivity contribution in [3.05, 3.63) is 35.4 Å². The van der Waals surface area contributed by atoms with Crippen molar-refractivity contribution in [1.82, 2.24) is 20.4 Å². The Balaban J connectivity index is 1.43. The molecule has 2 fully saturated rings. The highest BCUT2D eigenvalue weighted by Crippen LogP contribution is 2.31. The van der Waals surface area contributed by atoms with Gasteiger partial charge >= 0.3 is 5.91 Å². The molecule has 4 rings (SSSR count). The summed E-state index contributed by atoms with van der Waals surface area (Å²) in [5.41, 5.74) is 3.84. The number of hydrogen-bond donors (Lipinski definition) is 1. The van der Waals surface area contributed by atoms with Crippen molar-refractivity contribution in [3.8, 4) is 0 Å². The average Bonchev–Trinajstić information content (AvgIpc) is 3.32. The number of ether oxygens (including phenoxy) is 1. The van der Waals surface area contributed by atoms with E-state index in [4.69, 9.17) is 19.1 Å². The van der Waals surface area contributed by atoms with Gasteiger partial charge in [0.2, 0.25) is 0 Å². The fourth-order valence-electron chi connectivity index (χ4n) is 4.28. The smallest absolute Gasteiger partial charge is 0.301 e. The quantitative estimate of drug-likeness (QED) is 0.454. The Morgan fingerprint density at radius 2 is 1.91 bits per heavy atom. The van der Waals surface area contributed by atoms with Crippen molar-refractivity contribution in [3.63, 3.8) is 0 Å². The van der Waals surface area contributed by atoms with Crippen LogP contribution in [0.1, 0.15) is 74.9 Å². The van der Waals surface area contributed by atoms with Gasteiger partial charge in [0.1, 0.15) is 11.6 Å². The minimum absolute atomic E-state index is 0.0736. The molecule has 2 aromatic heterocycles. The highest BCUT2D eigenvalue weighted by molar-refractivity contribution is 7.98. The number of furan rings is 1. The molecular weight excluding hydrogens is 450 g/mol. The number of morpholine rings is 1. The Hall–Kier alpha value is -2.10. The Bertz CT molecular complexity index is 962. The zero-order valence-corrected chi connectivity index (χ0v) is 21.6. The molecule has 186 valence electrons. The molecular formula is C25H37N5O3S. The molecule has 0 bridgehead atoms. The van der Waals surface area contributed by atoms with Crippen molar-refractivity contribution in [2.75, 3.05) is 38.3 Å². The van der Waals surface area contributed by atoms with E-state index in [0.29, 0.717) is 43.9 Å². The maximum Gasteiger partial charge on any atom is 0.301 e. The molecule has 1 N–H and O–H groups in total. The second-order valence-electron chi connectivity index (χ2n) is 10.1. The van der Waals surface area contributed by atoms with Crippen LogP contribution in [0.15, 0.2) is 27.8 Å². The number of hydrazine groups is 1. The van der Waals surface area contributed by atoms with Gasteiger partial charge in [0.15, 0.2) is 10.9 Å². The number of carbonyl (C=O) groups excluding carboxylic acids is 1. The van der Waals surface area contributed by atoms with Crippen LogP contribution in [0.3, 0.4) is 0 Å². The summed E-state index contributed by atoms with van der Waals surface area (Å²) in [6.07, 6.45) is 6.34. The van der Waals surface area contributed by atoms with Gasteiger partial charge in [0, 0.05) is 37.7 Å². The number of thioether (sulfide) groups is 1. The normalized spacial score (nSPS) is 18.1. The number of aromatic nitrogens is 2. The largest absolute Gasteiger partial charge is 0.455 e. The fraction of sp³-hybridized carbons (Fsp3) is 0.640. The van der Waals surface area contributed by atoms with Crippen LogP contribution in [-0.4, -0.2) is 60.3 Å². The van der Waals surface area contributed by atoms with Gasteiger partial charge < -0.3 is 14.1 Å². The summed E-state index contributed by atoms with van der Waals surface area (Å²) in [7, 11) is 2.16. The van der Waals surface area contributed by atoms with Crippen LogP contribution in [0.5, 0.6) is 0 Å². The maximum absolute atomic E-state index is 12.5. The summed E-state index contributed by atoms with van der Waals surface area (Å²) < 4.78 is 11.1. The highest BCUT2D eigenvalue weighted by Gasteiger charge is 2.24. The van der Waals surface area contributed by atoms with Crippen molar-refractivity contribution >= 4 is 23.5 Å². The van der Waals surface area contributed by atoms with Gasteiger partial charge in [-0.3, -0.25) is 10.2 Å². The molecule has 0 spiro atoms. The minimum Gasteiger partial charge on any atom is -0.455 e. The van der Waals surface area contributed by atoms with Gasteiger partial charge in [-0.05, 0) is 25.0 Å². The van der Waals surface area contributed by atoms with Crippen molar-refractivity contribution < 1.29 is 13.9 Å². The molecule has 1 aliphatic carbocycles.